The van der Waals surface area contributed by atoms with Gasteiger partial charge in [0, 0.05) is 10.2 Å². The lowest BCUT2D eigenvalue weighted by Gasteiger charge is -2.16. The third kappa shape index (κ3) is 3.48. The summed E-state index contributed by atoms with van der Waals surface area (Å²) in [4.78, 5) is 12.5. The van der Waals surface area contributed by atoms with E-state index >= 15 is 0 Å². The van der Waals surface area contributed by atoms with Crippen LogP contribution in [0.5, 0.6) is 0 Å². The molecule has 0 fully saturated rings. The lowest BCUT2D eigenvalue weighted by atomic mass is 9.95. The molecule has 104 valence electrons. The average Bonchev–Trinajstić information content (AvgIpc) is 2.44. The fourth-order valence-electron chi connectivity index (χ4n) is 2.24. The summed E-state index contributed by atoms with van der Waals surface area (Å²) < 4.78 is 1.02. The van der Waals surface area contributed by atoms with Crippen molar-refractivity contribution in [3.63, 3.8) is 0 Å². The van der Waals surface area contributed by atoms with Gasteiger partial charge in [-0.05, 0) is 42.7 Å². The van der Waals surface area contributed by atoms with E-state index in [2.05, 4.69) is 21.2 Å². The molecule has 0 saturated heterocycles. The Hall–Kier alpha value is -1.61. The molecule has 2 aromatic rings. The number of halogens is 1. The van der Waals surface area contributed by atoms with Gasteiger partial charge in [-0.15, -0.1) is 0 Å². The molecule has 0 aliphatic rings. The Morgan fingerprint density at radius 3 is 2.50 bits per heavy atom. The number of nitrogens with one attached hydrogen (secondary N) is 1. The molecule has 2 aromatic carbocycles. The fourth-order valence-corrected chi connectivity index (χ4v) is 2.72. The number of hydrogen-bond acceptors (Lipinski definition) is 1. The Labute approximate surface area is 128 Å². The molecule has 2 rings (SSSR count). The summed E-state index contributed by atoms with van der Waals surface area (Å²) in [5.41, 5.74) is 2.98. The molecule has 0 aliphatic carbocycles. The molecule has 0 radical (unpaired) electrons. The van der Waals surface area contributed by atoms with Crippen LogP contribution in [-0.4, -0.2) is 5.91 Å². The second kappa shape index (κ2) is 6.71. The molecule has 0 aliphatic heterocycles. The predicted molar refractivity (Wildman–Crippen MR) is 87.0 cm³/mol. The van der Waals surface area contributed by atoms with E-state index in [0.717, 1.165) is 27.7 Å². The maximum atomic E-state index is 12.5. The Bertz CT molecular complexity index is 595. The quantitative estimate of drug-likeness (QED) is 0.849. The standard InChI is InChI=1S/C17H18BrNO/c1-3-15(13-7-5-4-6-8-13)17(20)19-16-10-9-14(18)11-12(16)2/h4-11,15H,3H2,1-2H3,(H,19,20). The number of carbonyl (C=O) groups excluding carboxylic acids is 1. The van der Waals surface area contributed by atoms with Crippen LogP contribution in [-0.2, 0) is 4.79 Å². The van der Waals surface area contributed by atoms with Gasteiger partial charge in [0.25, 0.3) is 0 Å². The van der Waals surface area contributed by atoms with Crippen LogP contribution in [0.15, 0.2) is 53.0 Å². The van der Waals surface area contributed by atoms with Crippen LogP contribution in [0.4, 0.5) is 5.69 Å². The highest BCUT2D eigenvalue weighted by atomic mass is 79.9. The SMILES string of the molecule is CCC(C(=O)Nc1ccc(Br)cc1C)c1ccccc1. The molecule has 1 unspecified atom stereocenters. The van der Waals surface area contributed by atoms with Crippen LogP contribution < -0.4 is 5.32 Å². The Kier molecular flexibility index (Phi) is 4.96. The van der Waals surface area contributed by atoms with E-state index in [1.807, 2.05) is 62.4 Å². The Morgan fingerprint density at radius 2 is 1.90 bits per heavy atom. The van der Waals surface area contributed by atoms with Gasteiger partial charge in [-0.2, -0.15) is 0 Å². The van der Waals surface area contributed by atoms with Gasteiger partial charge < -0.3 is 5.32 Å². The molecule has 3 heteroatoms. The normalized spacial score (nSPS) is 11.9. The second-order valence-electron chi connectivity index (χ2n) is 4.82. The zero-order chi connectivity index (χ0) is 14.5. The van der Waals surface area contributed by atoms with Crippen LogP contribution in [0.25, 0.3) is 0 Å². The summed E-state index contributed by atoms with van der Waals surface area (Å²) in [5, 5.41) is 3.03. The summed E-state index contributed by atoms with van der Waals surface area (Å²) in [7, 11) is 0. The van der Waals surface area contributed by atoms with Gasteiger partial charge in [-0.25, -0.2) is 0 Å². The number of amides is 1. The van der Waals surface area contributed by atoms with Gasteiger partial charge >= 0.3 is 0 Å². The smallest absolute Gasteiger partial charge is 0.231 e. The summed E-state index contributed by atoms with van der Waals surface area (Å²) in [6.07, 6.45) is 0.783. The monoisotopic (exact) mass is 331 g/mol. The van der Waals surface area contributed by atoms with Gasteiger partial charge in [0.15, 0.2) is 0 Å². The van der Waals surface area contributed by atoms with Crippen molar-refractivity contribution in [2.45, 2.75) is 26.2 Å². The van der Waals surface area contributed by atoms with Crippen LogP contribution in [0, 0.1) is 6.92 Å². The Balaban J connectivity index is 2.18. The molecule has 2 nitrogen and oxygen atoms in total. The average molecular weight is 332 g/mol. The van der Waals surface area contributed by atoms with Crippen molar-refractivity contribution in [1.29, 1.82) is 0 Å². The van der Waals surface area contributed by atoms with Crippen LogP contribution >= 0.6 is 15.9 Å². The molecular formula is C17H18BrNO. The van der Waals surface area contributed by atoms with Crippen molar-refractivity contribution in [3.8, 4) is 0 Å². The maximum absolute atomic E-state index is 12.5. The third-order valence-corrected chi connectivity index (χ3v) is 3.87. The first-order chi connectivity index (χ1) is 9.61. The topological polar surface area (TPSA) is 29.1 Å². The van der Waals surface area contributed by atoms with Crippen molar-refractivity contribution in [2.24, 2.45) is 0 Å². The molecule has 1 atom stereocenters. The van der Waals surface area contributed by atoms with Crippen molar-refractivity contribution in [3.05, 3.63) is 64.1 Å². The summed E-state index contributed by atoms with van der Waals surface area (Å²) >= 11 is 3.43. The highest BCUT2D eigenvalue weighted by Gasteiger charge is 2.18. The predicted octanol–water partition coefficient (Wildman–Crippen LogP) is 4.89. The van der Waals surface area contributed by atoms with E-state index in [4.69, 9.17) is 0 Å². The minimum Gasteiger partial charge on any atom is -0.325 e. The maximum Gasteiger partial charge on any atom is 0.231 e. The van der Waals surface area contributed by atoms with E-state index in [9.17, 15) is 4.79 Å². The minimum absolute atomic E-state index is 0.0455. The molecular weight excluding hydrogens is 314 g/mol. The number of anilines is 1. The number of carbonyl (C=O) groups is 1. The summed E-state index contributed by atoms with van der Waals surface area (Å²) in [5.74, 6) is -0.0663. The third-order valence-electron chi connectivity index (χ3n) is 3.37. The first kappa shape index (κ1) is 14.8. The molecule has 0 spiro atoms. The van der Waals surface area contributed by atoms with E-state index in [1.54, 1.807) is 0 Å². The Morgan fingerprint density at radius 1 is 1.20 bits per heavy atom. The van der Waals surface area contributed by atoms with E-state index < -0.39 is 0 Å². The summed E-state index contributed by atoms with van der Waals surface area (Å²) in [6.45, 7) is 4.02. The molecule has 20 heavy (non-hydrogen) atoms. The lowest BCUT2D eigenvalue weighted by Crippen LogP contribution is -2.21. The fraction of sp³-hybridized carbons (Fsp3) is 0.235. The van der Waals surface area contributed by atoms with Crippen molar-refractivity contribution in [1.82, 2.24) is 0 Å². The first-order valence-electron chi connectivity index (χ1n) is 6.73. The molecule has 0 aromatic heterocycles. The van der Waals surface area contributed by atoms with E-state index in [0.29, 0.717) is 0 Å². The number of aryl methyl sites for hydroxylation is 1. The highest BCUT2D eigenvalue weighted by Crippen LogP contribution is 2.24. The minimum atomic E-state index is -0.112. The molecule has 0 saturated carbocycles. The van der Waals surface area contributed by atoms with Crippen LogP contribution in [0.2, 0.25) is 0 Å². The zero-order valence-electron chi connectivity index (χ0n) is 11.7. The number of benzene rings is 2. The molecule has 1 amide bonds. The number of rotatable bonds is 4. The van der Waals surface area contributed by atoms with Gasteiger partial charge in [-0.3, -0.25) is 4.79 Å². The second-order valence-corrected chi connectivity index (χ2v) is 5.74. The largest absolute Gasteiger partial charge is 0.325 e. The van der Waals surface area contributed by atoms with E-state index in [-0.39, 0.29) is 11.8 Å². The van der Waals surface area contributed by atoms with Crippen molar-refractivity contribution < 1.29 is 4.79 Å². The van der Waals surface area contributed by atoms with Crippen molar-refractivity contribution >= 4 is 27.5 Å². The van der Waals surface area contributed by atoms with Gasteiger partial charge in [0.05, 0.1) is 5.92 Å². The van der Waals surface area contributed by atoms with Gasteiger partial charge in [-0.1, -0.05) is 53.2 Å². The molecule has 0 heterocycles. The highest BCUT2D eigenvalue weighted by molar-refractivity contribution is 9.10. The lowest BCUT2D eigenvalue weighted by molar-refractivity contribution is -0.117. The zero-order valence-corrected chi connectivity index (χ0v) is 13.3. The van der Waals surface area contributed by atoms with Crippen LogP contribution in [0.1, 0.15) is 30.4 Å². The van der Waals surface area contributed by atoms with Crippen molar-refractivity contribution in [2.75, 3.05) is 5.32 Å². The molecule has 1 N–H and O–H groups in total. The van der Waals surface area contributed by atoms with Gasteiger partial charge in [0.2, 0.25) is 5.91 Å². The summed E-state index contributed by atoms with van der Waals surface area (Å²) in [6, 6.07) is 15.8. The van der Waals surface area contributed by atoms with Crippen LogP contribution in [0.3, 0.4) is 0 Å². The first-order valence-corrected chi connectivity index (χ1v) is 7.53. The van der Waals surface area contributed by atoms with E-state index in [1.165, 1.54) is 0 Å². The van der Waals surface area contributed by atoms with Gasteiger partial charge in [0.1, 0.15) is 0 Å². The number of hydrogen-bond donors (Lipinski definition) is 1. The molecule has 0 bridgehead atoms.